The zero-order valence-corrected chi connectivity index (χ0v) is 11.3. The molecule has 2 nitrogen and oxygen atoms in total. The lowest BCUT2D eigenvalue weighted by atomic mass is 9.92. The predicted octanol–water partition coefficient (Wildman–Crippen LogP) is 4.00. The summed E-state index contributed by atoms with van der Waals surface area (Å²) < 4.78 is 0. The normalized spacial score (nSPS) is 22.7. The molecule has 1 aliphatic carbocycles. The summed E-state index contributed by atoms with van der Waals surface area (Å²) in [6.07, 6.45) is 3.76. The van der Waals surface area contributed by atoms with Crippen molar-refractivity contribution in [2.45, 2.75) is 53.0 Å². The molecule has 0 spiro atoms. The summed E-state index contributed by atoms with van der Waals surface area (Å²) in [4.78, 5) is 0. The Bertz CT molecular complexity index is 423. The van der Waals surface area contributed by atoms with Gasteiger partial charge in [-0.05, 0) is 61.8 Å². The van der Waals surface area contributed by atoms with E-state index >= 15 is 0 Å². The van der Waals surface area contributed by atoms with Crippen LogP contribution < -0.4 is 5.32 Å². The topological polar surface area (TPSA) is 32.3 Å². The number of hydrogen-bond donors (Lipinski definition) is 2. The van der Waals surface area contributed by atoms with Crippen molar-refractivity contribution in [2.75, 3.05) is 5.32 Å². The Morgan fingerprint density at radius 3 is 2.53 bits per heavy atom. The Balaban J connectivity index is 2.12. The van der Waals surface area contributed by atoms with E-state index in [-0.39, 0.29) is 0 Å². The first-order valence-corrected chi connectivity index (χ1v) is 6.44. The van der Waals surface area contributed by atoms with Gasteiger partial charge >= 0.3 is 0 Å². The highest BCUT2D eigenvalue weighted by Gasteiger charge is 2.30. The van der Waals surface area contributed by atoms with Gasteiger partial charge in [0.05, 0.1) is 0 Å². The van der Waals surface area contributed by atoms with Gasteiger partial charge in [-0.1, -0.05) is 13.8 Å². The van der Waals surface area contributed by atoms with Gasteiger partial charge in [0.25, 0.3) is 0 Å². The predicted molar refractivity (Wildman–Crippen MR) is 72.6 cm³/mol. The maximum atomic E-state index is 9.64. The van der Waals surface area contributed by atoms with E-state index in [2.05, 4.69) is 25.2 Å². The molecule has 0 aromatic heterocycles. The van der Waals surface area contributed by atoms with Crippen LogP contribution in [0, 0.1) is 19.3 Å². The number of phenols is 1. The van der Waals surface area contributed by atoms with Gasteiger partial charge in [-0.3, -0.25) is 0 Å². The van der Waals surface area contributed by atoms with Gasteiger partial charge in [0.1, 0.15) is 5.75 Å². The van der Waals surface area contributed by atoms with Gasteiger partial charge < -0.3 is 10.4 Å². The molecule has 0 saturated heterocycles. The van der Waals surface area contributed by atoms with Crippen LogP contribution >= 0.6 is 0 Å². The highest BCUT2D eigenvalue weighted by Crippen LogP contribution is 2.39. The van der Waals surface area contributed by atoms with E-state index in [9.17, 15) is 5.11 Å². The Morgan fingerprint density at radius 1 is 1.24 bits per heavy atom. The van der Waals surface area contributed by atoms with Crippen LogP contribution in [0.4, 0.5) is 5.69 Å². The standard InChI is InChI=1S/C15H23NO/c1-10-8-14(17)11(2)7-13(10)16-12-5-6-15(3,4)9-12/h7-8,12,16-17H,5-6,9H2,1-4H3. The fraction of sp³-hybridized carbons (Fsp3) is 0.600. The summed E-state index contributed by atoms with van der Waals surface area (Å²) in [5.41, 5.74) is 3.70. The lowest BCUT2D eigenvalue weighted by Crippen LogP contribution is -2.18. The molecule has 1 aromatic carbocycles. The molecule has 1 fully saturated rings. The quantitative estimate of drug-likeness (QED) is 0.757. The average molecular weight is 233 g/mol. The van der Waals surface area contributed by atoms with Crippen LogP contribution in [0.2, 0.25) is 0 Å². The van der Waals surface area contributed by atoms with Gasteiger partial charge in [-0.2, -0.15) is 0 Å². The van der Waals surface area contributed by atoms with Crippen LogP contribution in [0.1, 0.15) is 44.2 Å². The third-order valence-corrected chi connectivity index (χ3v) is 3.87. The fourth-order valence-electron chi connectivity index (χ4n) is 2.74. The van der Waals surface area contributed by atoms with Crippen molar-refractivity contribution >= 4 is 5.69 Å². The van der Waals surface area contributed by atoms with Crippen molar-refractivity contribution in [1.82, 2.24) is 0 Å². The summed E-state index contributed by atoms with van der Waals surface area (Å²) in [6.45, 7) is 8.66. The second-order valence-electron chi connectivity index (χ2n) is 6.20. The molecular formula is C15H23NO. The Hall–Kier alpha value is -1.18. The molecule has 94 valence electrons. The van der Waals surface area contributed by atoms with Gasteiger partial charge in [0, 0.05) is 11.7 Å². The Morgan fingerprint density at radius 2 is 1.94 bits per heavy atom. The lowest BCUT2D eigenvalue weighted by molar-refractivity contribution is 0.378. The fourth-order valence-corrected chi connectivity index (χ4v) is 2.74. The Labute approximate surface area is 104 Å². The van der Waals surface area contributed by atoms with Crippen LogP contribution in [-0.2, 0) is 0 Å². The van der Waals surface area contributed by atoms with E-state index in [0.717, 1.165) is 11.1 Å². The summed E-state index contributed by atoms with van der Waals surface area (Å²) in [5.74, 6) is 0.389. The van der Waals surface area contributed by atoms with Gasteiger partial charge in [-0.25, -0.2) is 0 Å². The number of aromatic hydroxyl groups is 1. The molecule has 1 atom stereocenters. The minimum atomic E-state index is 0.389. The second kappa shape index (κ2) is 4.25. The molecule has 0 bridgehead atoms. The second-order valence-corrected chi connectivity index (χ2v) is 6.20. The first kappa shape index (κ1) is 12.3. The Kier molecular flexibility index (Phi) is 3.07. The zero-order chi connectivity index (χ0) is 12.6. The summed E-state index contributed by atoms with van der Waals surface area (Å²) in [6, 6.07) is 4.47. The van der Waals surface area contributed by atoms with Crippen LogP contribution in [0.3, 0.4) is 0 Å². The van der Waals surface area contributed by atoms with E-state index in [4.69, 9.17) is 0 Å². The van der Waals surface area contributed by atoms with E-state index in [0.29, 0.717) is 17.2 Å². The number of aryl methyl sites for hydroxylation is 2. The number of benzene rings is 1. The number of phenolic OH excluding ortho intramolecular Hbond substituents is 1. The first-order chi connectivity index (χ1) is 7.87. The molecule has 2 heteroatoms. The average Bonchev–Trinajstić information content (AvgIpc) is 2.54. The smallest absolute Gasteiger partial charge is 0.118 e. The molecule has 0 amide bonds. The monoisotopic (exact) mass is 233 g/mol. The first-order valence-electron chi connectivity index (χ1n) is 6.44. The summed E-state index contributed by atoms with van der Waals surface area (Å²) in [7, 11) is 0. The van der Waals surface area contributed by atoms with Crippen molar-refractivity contribution in [3.05, 3.63) is 23.3 Å². The van der Waals surface area contributed by atoms with Crippen LogP contribution in [0.5, 0.6) is 5.75 Å². The van der Waals surface area contributed by atoms with Crippen molar-refractivity contribution in [3.8, 4) is 5.75 Å². The van der Waals surface area contributed by atoms with Crippen LogP contribution in [0.25, 0.3) is 0 Å². The molecule has 2 rings (SSSR count). The summed E-state index contributed by atoms with van der Waals surface area (Å²) >= 11 is 0. The van der Waals surface area contributed by atoms with Crippen molar-refractivity contribution in [2.24, 2.45) is 5.41 Å². The molecular weight excluding hydrogens is 210 g/mol. The zero-order valence-electron chi connectivity index (χ0n) is 11.3. The largest absolute Gasteiger partial charge is 0.508 e. The van der Waals surface area contributed by atoms with Gasteiger partial charge in [0.15, 0.2) is 0 Å². The van der Waals surface area contributed by atoms with Crippen molar-refractivity contribution < 1.29 is 5.11 Å². The van der Waals surface area contributed by atoms with Crippen molar-refractivity contribution in [1.29, 1.82) is 0 Å². The highest BCUT2D eigenvalue weighted by molar-refractivity contribution is 5.57. The molecule has 0 radical (unpaired) electrons. The van der Waals surface area contributed by atoms with Crippen molar-refractivity contribution in [3.63, 3.8) is 0 Å². The molecule has 2 N–H and O–H groups in total. The van der Waals surface area contributed by atoms with Crippen LogP contribution in [-0.4, -0.2) is 11.1 Å². The van der Waals surface area contributed by atoms with E-state index in [1.807, 2.05) is 19.9 Å². The summed E-state index contributed by atoms with van der Waals surface area (Å²) in [5, 5.41) is 13.3. The minimum Gasteiger partial charge on any atom is -0.508 e. The maximum Gasteiger partial charge on any atom is 0.118 e. The molecule has 1 saturated carbocycles. The van der Waals surface area contributed by atoms with Gasteiger partial charge in [-0.15, -0.1) is 0 Å². The lowest BCUT2D eigenvalue weighted by Gasteiger charge is -2.20. The molecule has 0 heterocycles. The SMILES string of the molecule is Cc1cc(NC2CCC(C)(C)C2)c(C)cc1O. The van der Waals surface area contributed by atoms with Gasteiger partial charge in [0.2, 0.25) is 0 Å². The number of anilines is 1. The molecule has 1 unspecified atom stereocenters. The minimum absolute atomic E-state index is 0.389. The third kappa shape index (κ3) is 2.74. The van der Waals surface area contributed by atoms with E-state index in [1.165, 1.54) is 24.9 Å². The van der Waals surface area contributed by atoms with E-state index in [1.54, 1.807) is 0 Å². The number of rotatable bonds is 2. The maximum absolute atomic E-state index is 9.64. The molecule has 0 aliphatic heterocycles. The number of nitrogens with one attached hydrogen (secondary N) is 1. The molecule has 17 heavy (non-hydrogen) atoms. The van der Waals surface area contributed by atoms with Crippen LogP contribution in [0.15, 0.2) is 12.1 Å². The highest BCUT2D eigenvalue weighted by atomic mass is 16.3. The number of hydrogen-bond acceptors (Lipinski definition) is 2. The van der Waals surface area contributed by atoms with E-state index < -0.39 is 0 Å². The molecule has 1 aromatic rings. The molecule has 1 aliphatic rings. The third-order valence-electron chi connectivity index (χ3n) is 3.87.